The molecule has 7 heteroatoms. The van der Waals surface area contributed by atoms with Crippen LogP contribution in [0.5, 0.6) is 0 Å². The van der Waals surface area contributed by atoms with Crippen molar-refractivity contribution >= 4 is 17.6 Å². The van der Waals surface area contributed by atoms with Crippen molar-refractivity contribution in [2.75, 3.05) is 56.1 Å². The second-order valence-electron chi connectivity index (χ2n) is 10.7. The van der Waals surface area contributed by atoms with Gasteiger partial charge in [0.15, 0.2) is 5.82 Å². The van der Waals surface area contributed by atoms with Crippen LogP contribution in [0, 0.1) is 11.3 Å². The third-order valence-electron chi connectivity index (χ3n) is 9.39. The summed E-state index contributed by atoms with van der Waals surface area (Å²) >= 11 is 0. The van der Waals surface area contributed by atoms with Crippen LogP contribution in [0.3, 0.4) is 0 Å². The molecule has 0 radical (unpaired) electrons. The van der Waals surface area contributed by atoms with Gasteiger partial charge in [-0.05, 0) is 63.5 Å². The fraction of sp³-hybridized carbons (Fsp3) is 0.769. The molecular formula is C26H41N5O2. The number of aromatic nitrogens is 1. The van der Waals surface area contributed by atoms with E-state index in [0.717, 1.165) is 45.1 Å². The van der Waals surface area contributed by atoms with Crippen molar-refractivity contribution < 1.29 is 9.53 Å². The number of nitrogens with one attached hydrogen (secondary N) is 1. The van der Waals surface area contributed by atoms with Gasteiger partial charge in [-0.2, -0.15) is 0 Å². The van der Waals surface area contributed by atoms with Crippen molar-refractivity contribution in [1.29, 1.82) is 0 Å². The maximum absolute atomic E-state index is 12.2. The van der Waals surface area contributed by atoms with Gasteiger partial charge in [-0.25, -0.2) is 9.78 Å². The van der Waals surface area contributed by atoms with Crippen molar-refractivity contribution in [2.45, 2.75) is 70.9 Å². The van der Waals surface area contributed by atoms with Gasteiger partial charge in [0.05, 0.1) is 12.3 Å². The molecule has 0 bridgehead atoms. The first-order chi connectivity index (χ1) is 16.0. The molecule has 2 saturated heterocycles. The van der Waals surface area contributed by atoms with E-state index in [1.54, 1.807) is 0 Å². The lowest BCUT2D eigenvalue weighted by molar-refractivity contribution is -0.0563. The summed E-state index contributed by atoms with van der Waals surface area (Å²) in [4.78, 5) is 24.1. The largest absolute Gasteiger partial charge is 0.450 e. The number of piperazine rings is 1. The summed E-state index contributed by atoms with van der Waals surface area (Å²) in [5.74, 6) is 1.70. The minimum atomic E-state index is -0.139. The van der Waals surface area contributed by atoms with Crippen LogP contribution >= 0.6 is 0 Å². The van der Waals surface area contributed by atoms with Crippen LogP contribution < -0.4 is 10.2 Å². The standard InChI is InChI=1S/C26H41N5O2/c1-4-26(12-11-25(20(26)3)18-30(19-25)24(32)33-5-2)31-16-14-29(15-17-31)23-22(10-7-13-27-23)28-21-8-6-9-21/h7,10,13,20-21,28H,4-6,8-9,11-12,14-19H2,1-3H3/t20?,26-/m1/s1. The molecule has 1 aromatic heterocycles. The number of rotatable bonds is 6. The number of anilines is 2. The Morgan fingerprint density at radius 3 is 2.58 bits per heavy atom. The van der Waals surface area contributed by atoms with E-state index in [9.17, 15) is 4.79 Å². The maximum Gasteiger partial charge on any atom is 0.409 e. The molecule has 4 aliphatic rings. The van der Waals surface area contributed by atoms with Gasteiger partial charge in [-0.15, -0.1) is 0 Å². The van der Waals surface area contributed by atoms with E-state index in [4.69, 9.17) is 9.72 Å². The Kier molecular flexibility index (Phi) is 6.19. The summed E-state index contributed by atoms with van der Waals surface area (Å²) in [6.45, 7) is 13.1. The zero-order valence-electron chi connectivity index (χ0n) is 20.7. The van der Waals surface area contributed by atoms with E-state index in [0.29, 0.717) is 18.6 Å². The molecular weight excluding hydrogens is 414 g/mol. The van der Waals surface area contributed by atoms with Gasteiger partial charge in [0.2, 0.25) is 0 Å². The Morgan fingerprint density at radius 1 is 1.18 bits per heavy atom. The SMILES string of the molecule is CCOC(=O)N1CC2(CC[C@@](CC)(N3CCN(c4ncccc4NC4CCC4)CC3)C2C)C1. The first-order valence-corrected chi connectivity index (χ1v) is 13.1. The fourth-order valence-electron chi connectivity index (χ4n) is 6.99. The summed E-state index contributed by atoms with van der Waals surface area (Å²) < 4.78 is 5.24. The molecule has 2 atom stereocenters. The molecule has 4 fully saturated rings. The number of ether oxygens (including phenoxy) is 1. The second-order valence-corrected chi connectivity index (χ2v) is 10.7. The van der Waals surface area contributed by atoms with E-state index < -0.39 is 0 Å². The van der Waals surface area contributed by atoms with Gasteiger partial charge < -0.3 is 19.9 Å². The van der Waals surface area contributed by atoms with Crippen LogP contribution in [0.15, 0.2) is 18.3 Å². The van der Waals surface area contributed by atoms with Gasteiger partial charge in [-0.3, -0.25) is 4.90 Å². The number of hydrogen-bond donors (Lipinski definition) is 1. The Bertz CT molecular complexity index is 845. The average molecular weight is 456 g/mol. The van der Waals surface area contributed by atoms with Crippen molar-refractivity contribution in [3.63, 3.8) is 0 Å². The van der Waals surface area contributed by atoms with Crippen molar-refractivity contribution in [2.24, 2.45) is 11.3 Å². The first kappa shape index (κ1) is 22.8. The molecule has 2 saturated carbocycles. The normalized spacial score (nSPS) is 29.6. The number of carbonyl (C=O) groups is 1. The Hall–Kier alpha value is -2.02. The summed E-state index contributed by atoms with van der Waals surface area (Å²) in [5.41, 5.74) is 1.70. The third-order valence-corrected chi connectivity index (χ3v) is 9.39. The number of amides is 1. The highest BCUT2D eigenvalue weighted by Crippen LogP contribution is 2.57. The van der Waals surface area contributed by atoms with E-state index in [-0.39, 0.29) is 17.0 Å². The highest BCUT2D eigenvalue weighted by molar-refractivity contribution is 5.69. The smallest absolute Gasteiger partial charge is 0.409 e. The summed E-state index contributed by atoms with van der Waals surface area (Å²) in [5, 5.41) is 3.72. The number of likely N-dealkylation sites (tertiary alicyclic amines) is 1. The molecule has 1 amide bonds. The molecule has 1 N–H and O–H groups in total. The van der Waals surface area contributed by atoms with Crippen LogP contribution in [0.4, 0.5) is 16.3 Å². The molecule has 2 aliphatic heterocycles. The Labute approximate surface area is 198 Å². The van der Waals surface area contributed by atoms with Gasteiger partial charge in [0.25, 0.3) is 0 Å². The lowest BCUT2D eigenvalue weighted by Crippen LogP contribution is -2.65. The van der Waals surface area contributed by atoms with Crippen LogP contribution in [0.2, 0.25) is 0 Å². The molecule has 33 heavy (non-hydrogen) atoms. The van der Waals surface area contributed by atoms with Gasteiger partial charge in [0.1, 0.15) is 0 Å². The number of pyridine rings is 1. The molecule has 182 valence electrons. The third kappa shape index (κ3) is 3.86. The van der Waals surface area contributed by atoms with E-state index in [2.05, 4.69) is 35.0 Å². The zero-order valence-corrected chi connectivity index (χ0v) is 20.7. The zero-order chi connectivity index (χ0) is 23.1. The van der Waals surface area contributed by atoms with Crippen molar-refractivity contribution in [3.05, 3.63) is 18.3 Å². The predicted molar refractivity (Wildman–Crippen MR) is 132 cm³/mol. The first-order valence-electron chi connectivity index (χ1n) is 13.1. The molecule has 3 heterocycles. The number of carbonyl (C=O) groups excluding carboxylic acids is 1. The van der Waals surface area contributed by atoms with E-state index in [1.807, 2.05) is 24.1 Å². The van der Waals surface area contributed by atoms with Crippen LogP contribution in [0.1, 0.15) is 59.3 Å². The van der Waals surface area contributed by atoms with Crippen molar-refractivity contribution in [3.8, 4) is 0 Å². The second kappa shape index (κ2) is 8.97. The summed E-state index contributed by atoms with van der Waals surface area (Å²) in [7, 11) is 0. The molecule has 5 rings (SSSR count). The highest BCUT2D eigenvalue weighted by Gasteiger charge is 2.61. The van der Waals surface area contributed by atoms with Gasteiger partial charge in [-0.1, -0.05) is 13.8 Å². The summed E-state index contributed by atoms with van der Waals surface area (Å²) in [6, 6.07) is 4.85. The number of hydrogen-bond acceptors (Lipinski definition) is 6. The monoisotopic (exact) mass is 455 g/mol. The fourth-order valence-corrected chi connectivity index (χ4v) is 6.99. The van der Waals surface area contributed by atoms with Crippen LogP contribution in [-0.4, -0.2) is 78.3 Å². The molecule has 1 spiro atoms. The quantitative estimate of drug-likeness (QED) is 0.694. The van der Waals surface area contributed by atoms with Crippen molar-refractivity contribution in [1.82, 2.24) is 14.8 Å². The lowest BCUT2D eigenvalue weighted by Gasteiger charge is -2.55. The van der Waals surface area contributed by atoms with Crippen LogP contribution in [0.25, 0.3) is 0 Å². The van der Waals surface area contributed by atoms with E-state index in [1.165, 1.54) is 44.2 Å². The number of nitrogens with zero attached hydrogens (tertiary/aromatic N) is 4. The summed E-state index contributed by atoms with van der Waals surface area (Å²) in [6.07, 6.45) is 9.29. The maximum atomic E-state index is 12.2. The van der Waals surface area contributed by atoms with Crippen LogP contribution in [-0.2, 0) is 4.74 Å². The molecule has 1 aromatic rings. The topological polar surface area (TPSA) is 60.9 Å². The lowest BCUT2D eigenvalue weighted by atomic mass is 9.67. The molecule has 1 unspecified atom stereocenters. The Balaban J connectivity index is 1.23. The predicted octanol–water partition coefficient (Wildman–Crippen LogP) is 4.21. The molecule has 7 nitrogen and oxygen atoms in total. The average Bonchev–Trinajstić information content (AvgIpc) is 3.09. The highest BCUT2D eigenvalue weighted by atomic mass is 16.6. The van der Waals surface area contributed by atoms with Gasteiger partial charge >= 0.3 is 6.09 Å². The molecule has 2 aliphatic carbocycles. The Morgan fingerprint density at radius 2 is 1.94 bits per heavy atom. The van der Waals surface area contributed by atoms with Gasteiger partial charge in [0, 0.05) is 62.5 Å². The molecule has 0 aromatic carbocycles. The minimum Gasteiger partial charge on any atom is -0.450 e. The van der Waals surface area contributed by atoms with E-state index >= 15 is 0 Å². The minimum absolute atomic E-state index is 0.139.